The van der Waals surface area contributed by atoms with Gasteiger partial charge in [-0.05, 0) is 69.2 Å². The fourth-order valence-electron chi connectivity index (χ4n) is 7.05. The standard InChI is InChI=1S/C23H37NO3/c1-21-9-6-17(26)14-16(21)4-5-18-19(21)7-10-22(2)20(18)8-11-23(22,27)15-24(3)12-13-25/h4-5,17,19-20,25-27H,6-15H2,1-3H3. The minimum absolute atomic E-state index is 0.0884. The van der Waals surface area contributed by atoms with Gasteiger partial charge in [0.05, 0.1) is 18.3 Å². The van der Waals surface area contributed by atoms with Crippen LogP contribution in [-0.4, -0.2) is 58.7 Å². The van der Waals surface area contributed by atoms with Crippen molar-refractivity contribution in [3.8, 4) is 0 Å². The van der Waals surface area contributed by atoms with E-state index in [4.69, 9.17) is 0 Å². The van der Waals surface area contributed by atoms with Crippen molar-refractivity contribution in [1.29, 1.82) is 0 Å². The van der Waals surface area contributed by atoms with Crippen LogP contribution in [-0.2, 0) is 0 Å². The monoisotopic (exact) mass is 375 g/mol. The molecule has 4 nitrogen and oxygen atoms in total. The van der Waals surface area contributed by atoms with Crippen LogP contribution in [0, 0.1) is 22.7 Å². The van der Waals surface area contributed by atoms with Crippen molar-refractivity contribution in [3.63, 3.8) is 0 Å². The molecule has 27 heavy (non-hydrogen) atoms. The van der Waals surface area contributed by atoms with Gasteiger partial charge in [-0.2, -0.15) is 0 Å². The molecule has 0 aromatic heterocycles. The first kappa shape index (κ1) is 19.6. The van der Waals surface area contributed by atoms with Crippen molar-refractivity contribution in [2.45, 2.75) is 70.5 Å². The quantitative estimate of drug-likeness (QED) is 0.707. The molecule has 6 unspecified atom stereocenters. The van der Waals surface area contributed by atoms with Gasteiger partial charge >= 0.3 is 0 Å². The Hall–Kier alpha value is -0.680. The van der Waals surface area contributed by atoms with Gasteiger partial charge in [-0.1, -0.05) is 37.1 Å². The molecule has 0 heterocycles. The lowest BCUT2D eigenvalue weighted by Gasteiger charge is -2.56. The smallest absolute Gasteiger partial charge is 0.0833 e. The Morgan fingerprint density at radius 3 is 2.56 bits per heavy atom. The highest BCUT2D eigenvalue weighted by Gasteiger charge is 2.62. The van der Waals surface area contributed by atoms with Gasteiger partial charge in [0.2, 0.25) is 0 Å². The summed E-state index contributed by atoms with van der Waals surface area (Å²) in [7, 11) is 2.00. The largest absolute Gasteiger partial charge is 0.395 e. The molecule has 3 N–H and O–H groups in total. The normalized spacial score (nSPS) is 46.4. The Balaban J connectivity index is 1.63. The van der Waals surface area contributed by atoms with E-state index in [2.05, 4.69) is 30.9 Å². The van der Waals surface area contributed by atoms with E-state index in [0.717, 1.165) is 44.9 Å². The third-order valence-corrected chi connectivity index (χ3v) is 8.88. The third-order valence-electron chi connectivity index (χ3n) is 8.88. The van der Waals surface area contributed by atoms with Crippen LogP contribution in [0.1, 0.15) is 58.8 Å². The fraction of sp³-hybridized carbons (Fsp3) is 0.826. The molecule has 152 valence electrons. The number of likely N-dealkylation sites (N-methyl/N-ethyl adjacent to an activating group) is 1. The Kier molecular flexibility index (Phi) is 4.86. The molecule has 0 radical (unpaired) electrons. The maximum Gasteiger partial charge on any atom is 0.0833 e. The summed E-state index contributed by atoms with van der Waals surface area (Å²) in [6, 6.07) is 0. The number of aliphatic hydroxyl groups excluding tert-OH is 2. The summed E-state index contributed by atoms with van der Waals surface area (Å²) in [4.78, 5) is 2.08. The van der Waals surface area contributed by atoms with Gasteiger partial charge in [0.25, 0.3) is 0 Å². The van der Waals surface area contributed by atoms with Gasteiger partial charge < -0.3 is 20.2 Å². The number of fused-ring (bicyclic) bond motifs is 5. The van der Waals surface area contributed by atoms with Crippen molar-refractivity contribution in [2.24, 2.45) is 22.7 Å². The summed E-state index contributed by atoms with van der Waals surface area (Å²) in [5.41, 5.74) is 2.43. The van der Waals surface area contributed by atoms with E-state index < -0.39 is 5.60 Å². The van der Waals surface area contributed by atoms with Crippen molar-refractivity contribution in [3.05, 3.63) is 23.3 Å². The Morgan fingerprint density at radius 2 is 1.81 bits per heavy atom. The fourth-order valence-corrected chi connectivity index (χ4v) is 7.05. The summed E-state index contributed by atoms with van der Waals surface area (Å²) in [6.45, 7) is 6.11. The average Bonchev–Trinajstić information content (AvgIpc) is 2.87. The minimum atomic E-state index is -0.680. The van der Waals surface area contributed by atoms with Gasteiger partial charge in [-0.25, -0.2) is 0 Å². The number of hydrogen-bond acceptors (Lipinski definition) is 4. The summed E-state index contributed by atoms with van der Waals surface area (Å²) < 4.78 is 0. The molecule has 0 saturated heterocycles. The van der Waals surface area contributed by atoms with E-state index in [1.54, 1.807) is 5.57 Å². The second-order valence-corrected chi connectivity index (χ2v) is 10.3. The Morgan fingerprint density at radius 1 is 1.07 bits per heavy atom. The third kappa shape index (κ3) is 2.87. The second-order valence-electron chi connectivity index (χ2n) is 10.3. The molecule has 0 aromatic rings. The van der Waals surface area contributed by atoms with Crippen LogP contribution in [0.15, 0.2) is 23.3 Å². The van der Waals surface area contributed by atoms with E-state index in [1.165, 1.54) is 5.57 Å². The molecule has 4 aliphatic carbocycles. The molecule has 4 aliphatic rings. The van der Waals surface area contributed by atoms with Gasteiger partial charge in [-0.3, -0.25) is 0 Å². The number of rotatable bonds is 4. The second kappa shape index (κ2) is 6.69. The highest BCUT2D eigenvalue weighted by atomic mass is 16.3. The van der Waals surface area contributed by atoms with Crippen LogP contribution >= 0.6 is 0 Å². The zero-order valence-corrected chi connectivity index (χ0v) is 17.2. The lowest BCUT2D eigenvalue weighted by atomic mass is 9.50. The van der Waals surface area contributed by atoms with Crippen molar-refractivity contribution >= 4 is 0 Å². The highest BCUT2D eigenvalue weighted by molar-refractivity contribution is 5.39. The van der Waals surface area contributed by atoms with Crippen molar-refractivity contribution in [1.82, 2.24) is 4.90 Å². The summed E-state index contributed by atoms with van der Waals surface area (Å²) in [5.74, 6) is 1.02. The summed E-state index contributed by atoms with van der Waals surface area (Å²) >= 11 is 0. The lowest BCUT2D eigenvalue weighted by molar-refractivity contribution is -0.0998. The first-order valence-corrected chi connectivity index (χ1v) is 10.8. The molecule has 0 aliphatic heterocycles. The van der Waals surface area contributed by atoms with Crippen LogP contribution in [0.25, 0.3) is 0 Å². The SMILES string of the molecule is CN(CCO)CC1(O)CCC2C3=CC=C4CC(O)CCC4(C)C3CCC21C. The highest BCUT2D eigenvalue weighted by Crippen LogP contribution is 2.65. The summed E-state index contributed by atoms with van der Waals surface area (Å²) in [6.07, 6.45) is 11.4. The van der Waals surface area contributed by atoms with Crippen LogP contribution < -0.4 is 0 Å². The van der Waals surface area contributed by atoms with Crippen LogP contribution in [0.5, 0.6) is 0 Å². The number of allylic oxidation sites excluding steroid dienone is 3. The molecular formula is C23H37NO3. The topological polar surface area (TPSA) is 63.9 Å². The van der Waals surface area contributed by atoms with Gasteiger partial charge in [0.1, 0.15) is 0 Å². The van der Waals surface area contributed by atoms with Gasteiger partial charge in [-0.15, -0.1) is 0 Å². The van der Waals surface area contributed by atoms with Gasteiger partial charge in [0, 0.05) is 18.5 Å². The molecule has 0 spiro atoms. The molecular weight excluding hydrogens is 338 g/mol. The Bertz CT molecular complexity index is 658. The van der Waals surface area contributed by atoms with E-state index in [9.17, 15) is 15.3 Å². The zero-order valence-electron chi connectivity index (χ0n) is 17.2. The van der Waals surface area contributed by atoms with Crippen LogP contribution in [0.4, 0.5) is 0 Å². The molecule has 0 aromatic carbocycles. The molecule has 3 saturated carbocycles. The molecule has 0 amide bonds. The van der Waals surface area contributed by atoms with Crippen molar-refractivity contribution < 1.29 is 15.3 Å². The average molecular weight is 376 g/mol. The van der Waals surface area contributed by atoms with Crippen LogP contribution in [0.3, 0.4) is 0 Å². The predicted octanol–water partition coefficient (Wildman–Crippen LogP) is 2.89. The zero-order chi connectivity index (χ0) is 19.4. The predicted molar refractivity (Wildman–Crippen MR) is 107 cm³/mol. The van der Waals surface area contributed by atoms with E-state index in [-0.39, 0.29) is 23.5 Å². The maximum absolute atomic E-state index is 11.7. The molecule has 4 rings (SSSR count). The molecule has 4 heteroatoms. The number of nitrogens with zero attached hydrogens (tertiary/aromatic N) is 1. The number of aliphatic hydroxyl groups is 3. The van der Waals surface area contributed by atoms with E-state index >= 15 is 0 Å². The first-order chi connectivity index (χ1) is 12.7. The van der Waals surface area contributed by atoms with E-state index in [1.807, 2.05) is 7.05 Å². The minimum Gasteiger partial charge on any atom is -0.395 e. The van der Waals surface area contributed by atoms with E-state index in [0.29, 0.717) is 24.9 Å². The van der Waals surface area contributed by atoms with Crippen molar-refractivity contribution in [2.75, 3.05) is 26.7 Å². The van der Waals surface area contributed by atoms with Gasteiger partial charge in [0.15, 0.2) is 0 Å². The Labute approximate surface area is 164 Å². The first-order valence-electron chi connectivity index (χ1n) is 10.8. The summed E-state index contributed by atoms with van der Waals surface area (Å²) in [5, 5.41) is 31.0. The molecule has 0 bridgehead atoms. The lowest BCUT2D eigenvalue weighted by Crippen LogP contribution is -2.55. The van der Waals surface area contributed by atoms with Crippen LogP contribution in [0.2, 0.25) is 0 Å². The maximum atomic E-state index is 11.7. The molecule has 3 fully saturated rings. The number of hydrogen-bond donors (Lipinski definition) is 3. The molecule has 6 atom stereocenters.